The number of Topliss-reactive ketones (excluding diaryl/α,β-unsaturated/α-hetero) is 1. The molecule has 0 aliphatic heterocycles. The first-order valence-corrected chi connectivity index (χ1v) is 12.0. The zero-order chi connectivity index (χ0) is 22.9. The number of carbonyl (C=O) groups excluding carboxylic acids is 2. The van der Waals surface area contributed by atoms with Gasteiger partial charge in [-0.3, -0.25) is 9.59 Å². The van der Waals surface area contributed by atoms with Crippen LogP contribution in [0, 0.1) is 17.8 Å². The zero-order valence-corrected chi connectivity index (χ0v) is 19.3. The topological polar surface area (TPSA) is 83.8 Å². The van der Waals surface area contributed by atoms with Crippen molar-refractivity contribution in [2.75, 3.05) is 13.7 Å². The quantitative estimate of drug-likeness (QED) is 0.296. The minimum absolute atomic E-state index is 0.0352. The van der Waals surface area contributed by atoms with Gasteiger partial charge in [-0.15, -0.1) is 11.3 Å². The third-order valence-electron chi connectivity index (χ3n) is 6.10. The van der Waals surface area contributed by atoms with Crippen molar-refractivity contribution in [3.8, 4) is 0 Å². The highest BCUT2D eigenvalue weighted by molar-refractivity contribution is 7.19. The molecule has 1 aromatic heterocycles. The van der Waals surface area contributed by atoms with Gasteiger partial charge < -0.3 is 14.9 Å². The molecule has 1 unspecified atom stereocenters. The maximum absolute atomic E-state index is 12.5. The standard InChI is InChI=1S/C26H32O5S/c1-31-26(30)11-5-3-2-4-9-23-22(19(17-27)15-24(23)29)13-12-20(28)16-21-14-18-8-6-7-10-25(18)32-21/h2,4,6-8,10,12-14,19-20,22-23,27-28H,3,5,9,11,15-17H2,1H3/t19-,20?,22-,23+/m0/s1. The zero-order valence-electron chi connectivity index (χ0n) is 18.5. The van der Waals surface area contributed by atoms with E-state index in [4.69, 9.17) is 0 Å². The number of hydrogen-bond acceptors (Lipinski definition) is 6. The van der Waals surface area contributed by atoms with Crippen LogP contribution in [0.4, 0.5) is 0 Å². The SMILES string of the molecule is COC(=O)CCCC=CC[C@H]1C(=O)C[C@@H](CO)[C@@H]1C=CC(O)Cc1cc2ccccc2s1. The van der Waals surface area contributed by atoms with Crippen LogP contribution in [0.5, 0.6) is 0 Å². The summed E-state index contributed by atoms with van der Waals surface area (Å²) in [6.07, 6.45) is 10.4. The molecule has 1 aliphatic rings. The number of hydrogen-bond donors (Lipinski definition) is 2. The fourth-order valence-electron chi connectivity index (χ4n) is 4.35. The first-order valence-electron chi connectivity index (χ1n) is 11.2. The lowest BCUT2D eigenvalue weighted by atomic mass is 9.86. The Kier molecular flexibility index (Phi) is 9.21. The fraction of sp³-hybridized carbons (Fsp3) is 0.462. The van der Waals surface area contributed by atoms with Crippen molar-refractivity contribution in [2.24, 2.45) is 17.8 Å². The molecule has 1 saturated carbocycles. The summed E-state index contributed by atoms with van der Waals surface area (Å²) >= 11 is 1.68. The van der Waals surface area contributed by atoms with Gasteiger partial charge in [0.15, 0.2) is 0 Å². The Labute approximate surface area is 193 Å². The number of esters is 1. The van der Waals surface area contributed by atoms with E-state index in [1.165, 1.54) is 17.2 Å². The molecule has 0 radical (unpaired) electrons. The Morgan fingerprint density at radius 1 is 1.31 bits per heavy atom. The fourth-order valence-corrected chi connectivity index (χ4v) is 5.46. The van der Waals surface area contributed by atoms with Gasteiger partial charge in [-0.25, -0.2) is 0 Å². The number of carbonyl (C=O) groups is 2. The first-order chi connectivity index (χ1) is 15.5. The molecule has 4 atom stereocenters. The summed E-state index contributed by atoms with van der Waals surface area (Å²) in [5.41, 5.74) is 0. The van der Waals surface area contributed by atoms with Crippen LogP contribution in [-0.2, 0) is 20.7 Å². The number of rotatable bonds is 11. The molecule has 172 valence electrons. The molecule has 6 heteroatoms. The van der Waals surface area contributed by atoms with Gasteiger partial charge in [-0.2, -0.15) is 0 Å². The number of allylic oxidation sites excluding steroid dienone is 3. The van der Waals surface area contributed by atoms with Gasteiger partial charge in [0.1, 0.15) is 5.78 Å². The predicted molar refractivity (Wildman–Crippen MR) is 127 cm³/mol. The Morgan fingerprint density at radius 3 is 2.88 bits per heavy atom. The molecule has 1 aliphatic carbocycles. The molecule has 0 amide bonds. The molecule has 1 aromatic carbocycles. The van der Waals surface area contributed by atoms with E-state index >= 15 is 0 Å². The van der Waals surface area contributed by atoms with Crippen LogP contribution in [0.15, 0.2) is 54.6 Å². The van der Waals surface area contributed by atoms with Crippen molar-refractivity contribution in [3.63, 3.8) is 0 Å². The van der Waals surface area contributed by atoms with Crippen LogP contribution in [0.3, 0.4) is 0 Å². The van der Waals surface area contributed by atoms with Gasteiger partial charge in [0.2, 0.25) is 0 Å². The summed E-state index contributed by atoms with van der Waals surface area (Å²) in [5.74, 6) is -0.416. The van der Waals surface area contributed by atoms with Crippen molar-refractivity contribution in [3.05, 3.63) is 59.5 Å². The highest BCUT2D eigenvalue weighted by Crippen LogP contribution is 2.38. The normalized spacial score (nSPS) is 22.3. The van der Waals surface area contributed by atoms with Gasteiger partial charge >= 0.3 is 5.97 Å². The summed E-state index contributed by atoms with van der Waals surface area (Å²) in [5, 5.41) is 21.5. The van der Waals surface area contributed by atoms with E-state index in [0.717, 1.165) is 11.3 Å². The average molecular weight is 457 g/mol. The number of ether oxygens (including phenoxy) is 1. The third-order valence-corrected chi connectivity index (χ3v) is 7.24. The average Bonchev–Trinajstić information content (AvgIpc) is 3.33. The van der Waals surface area contributed by atoms with Crippen molar-refractivity contribution in [2.45, 2.75) is 44.6 Å². The Morgan fingerprint density at radius 2 is 2.12 bits per heavy atom. The predicted octanol–water partition coefficient (Wildman–Crippen LogP) is 4.46. The lowest BCUT2D eigenvalue weighted by Crippen LogP contribution is -2.18. The monoisotopic (exact) mass is 456 g/mol. The Bertz CT molecular complexity index is 927. The molecular weight excluding hydrogens is 424 g/mol. The lowest BCUT2D eigenvalue weighted by molar-refractivity contribution is -0.140. The van der Waals surface area contributed by atoms with Crippen molar-refractivity contribution >= 4 is 33.2 Å². The second-order valence-electron chi connectivity index (χ2n) is 8.38. The van der Waals surface area contributed by atoms with E-state index < -0.39 is 6.10 Å². The maximum atomic E-state index is 12.5. The molecule has 32 heavy (non-hydrogen) atoms. The van der Waals surface area contributed by atoms with Crippen molar-refractivity contribution in [1.82, 2.24) is 0 Å². The highest BCUT2D eigenvalue weighted by atomic mass is 32.1. The summed E-state index contributed by atoms with van der Waals surface area (Å²) in [6.45, 7) is -0.0352. The summed E-state index contributed by atoms with van der Waals surface area (Å²) < 4.78 is 5.84. The molecular formula is C26H32O5S. The number of fused-ring (bicyclic) bond motifs is 1. The van der Waals surface area contributed by atoms with Crippen LogP contribution in [-0.4, -0.2) is 41.8 Å². The van der Waals surface area contributed by atoms with Gasteiger partial charge in [0.05, 0.1) is 13.2 Å². The van der Waals surface area contributed by atoms with Crippen LogP contribution in [0.2, 0.25) is 0 Å². The number of aliphatic hydroxyl groups excluding tert-OH is 2. The van der Waals surface area contributed by atoms with E-state index in [1.807, 2.05) is 30.4 Å². The number of methoxy groups -OCH3 is 1. The number of unbranched alkanes of at least 4 members (excludes halogenated alkanes) is 1. The second-order valence-corrected chi connectivity index (χ2v) is 9.55. The van der Waals surface area contributed by atoms with E-state index in [2.05, 4.69) is 22.9 Å². The number of thiophene rings is 1. The minimum atomic E-state index is -0.632. The first kappa shape index (κ1) is 24.4. The van der Waals surface area contributed by atoms with Crippen LogP contribution in [0.1, 0.15) is 37.0 Å². The maximum Gasteiger partial charge on any atom is 0.305 e. The second kappa shape index (κ2) is 12.1. The molecule has 3 rings (SSSR count). The molecule has 2 N–H and O–H groups in total. The Hall–Kier alpha value is -2.28. The molecule has 0 saturated heterocycles. The largest absolute Gasteiger partial charge is 0.469 e. The number of ketones is 1. The molecule has 5 nitrogen and oxygen atoms in total. The third kappa shape index (κ3) is 6.61. The van der Waals surface area contributed by atoms with Gasteiger partial charge in [0, 0.05) is 41.4 Å². The van der Waals surface area contributed by atoms with Crippen molar-refractivity contribution < 1.29 is 24.5 Å². The summed E-state index contributed by atoms with van der Waals surface area (Å²) in [7, 11) is 1.38. The van der Waals surface area contributed by atoms with E-state index in [0.29, 0.717) is 32.1 Å². The Balaban J connectivity index is 1.56. The van der Waals surface area contributed by atoms with E-state index in [1.54, 1.807) is 17.4 Å². The van der Waals surface area contributed by atoms with Gasteiger partial charge in [-0.1, -0.05) is 42.5 Å². The van der Waals surface area contributed by atoms with Crippen molar-refractivity contribution in [1.29, 1.82) is 0 Å². The van der Waals surface area contributed by atoms with E-state index in [9.17, 15) is 19.8 Å². The molecule has 0 spiro atoms. The number of aliphatic hydroxyl groups is 2. The lowest BCUT2D eigenvalue weighted by Gasteiger charge is -2.18. The summed E-state index contributed by atoms with van der Waals surface area (Å²) in [6, 6.07) is 10.3. The minimum Gasteiger partial charge on any atom is -0.469 e. The molecule has 1 heterocycles. The van der Waals surface area contributed by atoms with Gasteiger partial charge in [0.25, 0.3) is 0 Å². The van der Waals surface area contributed by atoms with Gasteiger partial charge in [-0.05, 0) is 48.6 Å². The van der Waals surface area contributed by atoms with Crippen LogP contribution in [0.25, 0.3) is 10.1 Å². The molecule has 1 fully saturated rings. The summed E-state index contributed by atoms with van der Waals surface area (Å²) in [4.78, 5) is 24.8. The highest BCUT2D eigenvalue weighted by Gasteiger charge is 2.39. The smallest absolute Gasteiger partial charge is 0.305 e. The van der Waals surface area contributed by atoms with Crippen LogP contribution < -0.4 is 0 Å². The number of benzene rings is 1. The molecule has 0 bridgehead atoms. The van der Waals surface area contributed by atoms with E-state index in [-0.39, 0.29) is 36.1 Å². The van der Waals surface area contributed by atoms with Crippen LogP contribution >= 0.6 is 11.3 Å². The molecule has 2 aromatic rings.